The van der Waals surface area contributed by atoms with Gasteiger partial charge in [0.1, 0.15) is 5.02 Å². The highest BCUT2D eigenvalue weighted by molar-refractivity contribution is 6.32. The minimum Gasteiger partial charge on any atom is -0.366 e. The largest absolute Gasteiger partial charge is 0.366 e. The van der Waals surface area contributed by atoms with Gasteiger partial charge in [0.2, 0.25) is 5.95 Å². The van der Waals surface area contributed by atoms with E-state index in [0.717, 1.165) is 12.3 Å². The fourth-order valence-electron chi connectivity index (χ4n) is 1.68. The van der Waals surface area contributed by atoms with Crippen LogP contribution in [-0.4, -0.2) is 16.0 Å². The molecule has 0 bridgehead atoms. The normalized spacial score (nSPS) is 12.6. The molecule has 0 saturated heterocycles. The van der Waals surface area contributed by atoms with E-state index in [4.69, 9.17) is 17.4 Å². The van der Waals surface area contributed by atoms with Gasteiger partial charge in [-0.3, -0.25) is 5.43 Å². The lowest BCUT2D eigenvalue weighted by Gasteiger charge is -2.16. The Morgan fingerprint density at radius 1 is 1.33 bits per heavy atom. The van der Waals surface area contributed by atoms with Crippen LogP contribution in [0.4, 0.5) is 11.8 Å². The number of nitrogens with zero attached hydrogens (tertiary/aromatic N) is 2. The predicted octanol–water partition coefficient (Wildman–Crippen LogP) is 3.04. The number of rotatable bonds is 7. The summed E-state index contributed by atoms with van der Waals surface area (Å²) in [5, 5.41) is 3.78. The minimum absolute atomic E-state index is 0.321. The molecule has 18 heavy (non-hydrogen) atoms. The zero-order valence-electron chi connectivity index (χ0n) is 11.2. The summed E-state index contributed by atoms with van der Waals surface area (Å²) in [5.41, 5.74) is 2.41. The zero-order valence-corrected chi connectivity index (χ0v) is 12.0. The van der Waals surface area contributed by atoms with Crippen molar-refractivity contribution in [2.75, 3.05) is 10.7 Å². The van der Waals surface area contributed by atoms with Crippen LogP contribution in [0.2, 0.25) is 5.02 Å². The van der Waals surface area contributed by atoms with E-state index in [2.05, 4.69) is 41.5 Å². The van der Waals surface area contributed by atoms with Crippen LogP contribution in [0.15, 0.2) is 6.20 Å². The zero-order chi connectivity index (χ0) is 13.5. The molecule has 1 atom stereocenters. The van der Waals surface area contributed by atoms with E-state index < -0.39 is 0 Å². The fraction of sp³-hybridized carbons (Fsp3) is 0.667. The second kappa shape index (κ2) is 7.38. The first-order valence-corrected chi connectivity index (χ1v) is 6.66. The first-order chi connectivity index (χ1) is 8.52. The van der Waals surface area contributed by atoms with Gasteiger partial charge < -0.3 is 5.32 Å². The molecule has 0 amide bonds. The molecule has 4 N–H and O–H groups in total. The highest BCUT2D eigenvalue weighted by atomic mass is 35.5. The second-order valence-corrected chi connectivity index (χ2v) is 5.31. The maximum absolute atomic E-state index is 6.03. The van der Waals surface area contributed by atoms with Crippen molar-refractivity contribution in [3.8, 4) is 0 Å². The van der Waals surface area contributed by atoms with Gasteiger partial charge in [0.15, 0.2) is 5.82 Å². The van der Waals surface area contributed by atoms with E-state index in [0.29, 0.717) is 22.8 Å². The molecule has 102 valence electrons. The molecule has 1 rings (SSSR count). The van der Waals surface area contributed by atoms with Crippen LogP contribution < -0.4 is 16.6 Å². The molecule has 0 aliphatic carbocycles. The predicted molar refractivity (Wildman–Crippen MR) is 76.6 cm³/mol. The quantitative estimate of drug-likeness (QED) is 0.525. The average molecular weight is 272 g/mol. The van der Waals surface area contributed by atoms with Crippen LogP contribution in [0.5, 0.6) is 0 Å². The Balaban J connectivity index is 2.50. The Morgan fingerprint density at radius 2 is 2.06 bits per heavy atom. The molecule has 0 spiro atoms. The van der Waals surface area contributed by atoms with Gasteiger partial charge in [-0.25, -0.2) is 10.8 Å². The summed E-state index contributed by atoms with van der Waals surface area (Å²) in [6, 6.07) is 0.321. The number of nitrogens with two attached hydrogens (primary N) is 1. The van der Waals surface area contributed by atoms with Gasteiger partial charge >= 0.3 is 0 Å². The summed E-state index contributed by atoms with van der Waals surface area (Å²) >= 11 is 6.03. The summed E-state index contributed by atoms with van der Waals surface area (Å²) in [5.74, 6) is 6.99. The first-order valence-electron chi connectivity index (χ1n) is 6.28. The Labute approximate surface area is 114 Å². The highest BCUT2D eigenvalue weighted by Crippen LogP contribution is 2.21. The van der Waals surface area contributed by atoms with Gasteiger partial charge in [0.25, 0.3) is 0 Å². The van der Waals surface area contributed by atoms with Crippen molar-refractivity contribution in [1.29, 1.82) is 0 Å². The number of halogens is 1. The lowest BCUT2D eigenvalue weighted by atomic mass is 10.0. The Morgan fingerprint density at radius 3 is 2.67 bits per heavy atom. The van der Waals surface area contributed by atoms with Gasteiger partial charge in [-0.15, -0.1) is 0 Å². The van der Waals surface area contributed by atoms with Crippen molar-refractivity contribution in [1.82, 2.24) is 9.97 Å². The molecule has 1 aromatic rings. The number of anilines is 2. The second-order valence-electron chi connectivity index (χ2n) is 4.90. The molecule has 0 aromatic carbocycles. The molecule has 1 heterocycles. The molecular weight excluding hydrogens is 250 g/mol. The van der Waals surface area contributed by atoms with Crippen molar-refractivity contribution in [3.63, 3.8) is 0 Å². The highest BCUT2D eigenvalue weighted by Gasteiger charge is 2.08. The Kier molecular flexibility index (Phi) is 6.15. The molecular formula is C12H22ClN5. The molecule has 0 radical (unpaired) electrons. The third kappa shape index (κ3) is 5.06. The Bertz CT molecular complexity index is 369. The standard InChI is InChI=1S/C12H22ClN5/c1-8(2)5-4-6-9(3)16-11-10(13)7-15-12(17-11)18-14/h7-9H,4-6,14H2,1-3H3,(H2,15,16,17,18). The number of hydrazine groups is 1. The molecule has 0 aliphatic rings. The first kappa shape index (κ1) is 15.0. The van der Waals surface area contributed by atoms with Gasteiger partial charge in [0.05, 0.1) is 6.20 Å². The summed E-state index contributed by atoms with van der Waals surface area (Å²) in [7, 11) is 0. The molecule has 6 heteroatoms. The van der Waals surface area contributed by atoms with Crippen LogP contribution in [0.3, 0.4) is 0 Å². The fourth-order valence-corrected chi connectivity index (χ4v) is 1.82. The van der Waals surface area contributed by atoms with Crippen LogP contribution in [0.1, 0.15) is 40.0 Å². The van der Waals surface area contributed by atoms with Crippen molar-refractivity contribution >= 4 is 23.4 Å². The maximum atomic E-state index is 6.03. The number of aromatic nitrogens is 2. The number of nitrogens with one attached hydrogen (secondary N) is 2. The smallest absolute Gasteiger partial charge is 0.239 e. The van der Waals surface area contributed by atoms with Crippen LogP contribution in [0, 0.1) is 5.92 Å². The summed E-state index contributed by atoms with van der Waals surface area (Å²) in [6.45, 7) is 6.59. The van der Waals surface area contributed by atoms with Crippen molar-refractivity contribution < 1.29 is 0 Å². The van der Waals surface area contributed by atoms with Gasteiger partial charge in [0, 0.05) is 6.04 Å². The summed E-state index contributed by atoms with van der Waals surface area (Å²) in [6.07, 6.45) is 5.05. The number of nitrogen functional groups attached to an aromatic ring is 1. The molecule has 0 fully saturated rings. The summed E-state index contributed by atoms with van der Waals surface area (Å²) < 4.78 is 0. The van der Waals surface area contributed by atoms with Gasteiger partial charge in [-0.2, -0.15) is 4.98 Å². The van der Waals surface area contributed by atoms with Crippen molar-refractivity contribution in [3.05, 3.63) is 11.2 Å². The van der Waals surface area contributed by atoms with Crippen molar-refractivity contribution in [2.45, 2.75) is 46.1 Å². The number of hydrogen-bond acceptors (Lipinski definition) is 5. The van der Waals surface area contributed by atoms with E-state index in [9.17, 15) is 0 Å². The van der Waals surface area contributed by atoms with E-state index >= 15 is 0 Å². The molecule has 0 saturated carbocycles. The van der Waals surface area contributed by atoms with E-state index in [-0.39, 0.29) is 0 Å². The third-order valence-electron chi connectivity index (χ3n) is 2.67. The number of hydrogen-bond donors (Lipinski definition) is 3. The van der Waals surface area contributed by atoms with Crippen LogP contribution in [0.25, 0.3) is 0 Å². The van der Waals surface area contributed by atoms with Gasteiger partial charge in [-0.05, 0) is 19.3 Å². The van der Waals surface area contributed by atoms with Crippen LogP contribution >= 0.6 is 11.6 Å². The van der Waals surface area contributed by atoms with Crippen LogP contribution in [-0.2, 0) is 0 Å². The van der Waals surface area contributed by atoms with E-state index in [1.54, 1.807) is 0 Å². The van der Waals surface area contributed by atoms with Crippen molar-refractivity contribution in [2.24, 2.45) is 11.8 Å². The molecule has 5 nitrogen and oxygen atoms in total. The third-order valence-corrected chi connectivity index (χ3v) is 2.95. The molecule has 1 unspecified atom stereocenters. The van der Waals surface area contributed by atoms with Gasteiger partial charge in [-0.1, -0.05) is 38.3 Å². The molecule has 0 aliphatic heterocycles. The lowest BCUT2D eigenvalue weighted by Crippen LogP contribution is -2.18. The van der Waals surface area contributed by atoms with E-state index in [1.165, 1.54) is 19.0 Å². The van der Waals surface area contributed by atoms with E-state index in [1.807, 2.05) is 0 Å². The summed E-state index contributed by atoms with van der Waals surface area (Å²) in [4.78, 5) is 8.11. The monoisotopic (exact) mass is 271 g/mol. The average Bonchev–Trinajstić information content (AvgIpc) is 2.31. The maximum Gasteiger partial charge on any atom is 0.239 e. The lowest BCUT2D eigenvalue weighted by molar-refractivity contribution is 0.520. The minimum atomic E-state index is 0.321. The Hall–Kier alpha value is -1.07. The topological polar surface area (TPSA) is 75.9 Å². The SMILES string of the molecule is CC(C)CCCC(C)Nc1nc(NN)ncc1Cl. The molecule has 1 aromatic heterocycles.